The molecule has 1 atom stereocenters. The molecule has 0 saturated carbocycles. The summed E-state index contributed by atoms with van der Waals surface area (Å²) in [7, 11) is 0. The summed E-state index contributed by atoms with van der Waals surface area (Å²) in [4.78, 5) is 12.6. The van der Waals surface area contributed by atoms with E-state index < -0.39 is 30.5 Å². The Balaban J connectivity index is 1.52. The monoisotopic (exact) mass is 592 g/mol. The lowest BCUT2D eigenvalue weighted by molar-refractivity contribution is -0.408. The molecular formula is C32H36F4O6. The molecule has 3 aromatic carbocycles. The van der Waals surface area contributed by atoms with Gasteiger partial charge in [0.05, 0.1) is 25.4 Å². The zero-order valence-corrected chi connectivity index (χ0v) is 23.9. The highest BCUT2D eigenvalue weighted by atomic mass is 19.3. The van der Waals surface area contributed by atoms with E-state index in [0.29, 0.717) is 19.1 Å². The first-order chi connectivity index (χ1) is 20.0. The summed E-state index contributed by atoms with van der Waals surface area (Å²) < 4.78 is 80.3. The van der Waals surface area contributed by atoms with Crippen molar-refractivity contribution in [3.8, 4) is 28.4 Å². The second kappa shape index (κ2) is 15.6. The van der Waals surface area contributed by atoms with E-state index in [1.165, 1.54) is 0 Å². The van der Waals surface area contributed by atoms with E-state index in [4.69, 9.17) is 14.2 Å². The number of hydrogen-bond donors (Lipinski definition) is 0. The molecule has 1 unspecified atom stereocenters. The lowest BCUT2D eigenvalue weighted by Gasteiger charge is -2.26. The molecule has 0 spiro atoms. The molecule has 228 valence electrons. The van der Waals surface area contributed by atoms with E-state index in [1.807, 2.05) is 31.2 Å². The van der Waals surface area contributed by atoms with Crippen molar-refractivity contribution in [1.29, 1.82) is 0 Å². The Morgan fingerprint density at radius 1 is 0.738 bits per heavy atom. The van der Waals surface area contributed by atoms with Crippen LogP contribution in [0.15, 0.2) is 72.8 Å². The number of carbonyl (C=O) groups excluding carboxylic acids is 1. The Bertz CT molecular complexity index is 1230. The summed E-state index contributed by atoms with van der Waals surface area (Å²) in [6.07, 6.45) is -7.23. The van der Waals surface area contributed by atoms with Gasteiger partial charge in [-0.1, -0.05) is 57.9 Å². The molecule has 0 heterocycles. The van der Waals surface area contributed by atoms with Crippen LogP contribution in [0.5, 0.6) is 17.2 Å². The fourth-order valence-corrected chi connectivity index (χ4v) is 3.51. The van der Waals surface area contributed by atoms with Crippen LogP contribution in [-0.4, -0.2) is 44.6 Å². The molecule has 0 aliphatic carbocycles. The van der Waals surface area contributed by atoms with Crippen molar-refractivity contribution in [3.63, 3.8) is 0 Å². The lowest BCUT2D eigenvalue weighted by atomic mass is 10.0. The molecule has 10 heteroatoms. The van der Waals surface area contributed by atoms with Gasteiger partial charge in [0.1, 0.15) is 17.2 Å². The topological polar surface area (TPSA) is 63.2 Å². The fraction of sp³-hybridized carbons (Fsp3) is 0.406. The molecule has 3 rings (SSSR count). The highest BCUT2D eigenvalue weighted by Gasteiger charge is 2.61. The van der Waals surface area contributed by atoms with Crippen LogP contribution >= 0.6 is 0 Å². The quantitative estimate of drug-likeness (QED) is 0.0679. The maximum Gasteiger partial charge on any atom is 0.494 e. The number of esters is 1. The minimum Gasteiger partial charge on any atom is -0.493 e. The molecule has 0 N–H and O–H groups in total. The van der Waals surface area contributed by atoms with Crippen LogP contribution in [0.1, 0.15) is 50.4 Å². The van der Waals surface area contributed by atoms with Crippen molar-refractivity contribution < 1.29 is 46.0 Å². The molecule has 42 heavy (non-hydrogen) atoms. The van der Waals surface area contributed by atoms with Crippen molar-refractivity contribution in [2.24, 2.45) is 5.92 Å². The number of halogens is 4. The van der Waals surface area contributed by atoms with Gasteiger partial charge >= 0.3 is 18.2 Å². The Morgan fingerprint density at radius 3 is 1.90 bits per heavy atom. The molecule has 0 fully saturated rings. The molecule has 0 aromatic heterocycles. The van der Waals surface area contributed by atoms with Gasteiger partial charge in [-0.25, -0.2) is 4.79 Å². The average Bonchev–Trinajstić information content (AvgIpc) is 2.98. The van der Waals surface area contributed by atoms with Crippen molar-refractivity contribution in [1.82, 2.24) is 0 Å². The zero-order chi connectivity index (χ0) is 30.6. The highest BCUT2D eigenvalue weighted by molar-refractivity contribution is 5.91. The average molecular weight is 593 g/mol. The summed E-state index contributed by atoms with van der Waals surface area (Å²) in [5.41, 5.74) is 2.08. The van der Waals surface area contributed by atoms with Gasteiger partial charge in [0.15, 0.2) is 0 Å². The number of unbranched alkanes of at least 4 members (excludes halogenated alkanes) is 1. The van der Waals surface area contributed by atoms with Crippen LogP contribution in [0, 0.1) is 5.92 Å². The third-order valence-electron chi connectivity index (χ3n) is 6.31. The Kier molecular flexibility index (Phi) is 12.2. The fourth-order valence-electron chi connectivity index (χ4n) is 3.51. The normalized spacial score (nSPS) is 12.5. The number of carbonyl (C=O) groups is 1. The van der Waals surface area contributed by atoms with Crippen LogP contribution in [0.2, 0.25) is 0 Å². The van der Waals surface area contributed by atoms with E-state index in [0.717, 1.165) is 60.4 Å². The first-order valence-electron chi connectivity index (χ1n) is 13.9. The van der Waals surface area contributed by atoms with Crippen molar-refractivity contribution in [2.75, 3.05) is 26.4 Å². The van der Waals surface area contributed by atoms with E-state index in [-0.39, 0.29) is 17.9 Å². The van der Waals surface area contributed by atoms with Gasteiger partial charge in [-0.15, -0.1) is 0 Å². The molecule has 0 amide bonds. The number of benzene rings is 3. The van der Waals surface area contributed by atoms with E-state index >= 15 is 0 Å². The molecule has 3 aromatic rings. The molecule has 0 bridgehead atoms. The van der Waals surface area contributed by atoms with Gasteiger partial charge in [-0.2, -0.15) is 17.6 Å². The lowest BCUT2D eigenvalue weighted by Crippen LogP contribution is -2.47. The van der Waals surface area contributed by atoms with Crippen LogP contribution in [0.4, 0.5) is 17.6 Å². The van der Waals surface area contributed by atoms with E-state index in [1.54, 1.807) is 24.3 Å². The molecule has 6 nitrogen and oxygen atoms in total. The molecule has 0 aliphatic heterocycles. The maximum absolute atomic E-state index is 14.1. The summed E-state index contributed by atoms with van der Waals surface area (Å²) in [5, 5.41) is 0. The van der Waals surface area contributed by atoms with E-state index in [9.17, 15) is 22.4 Å². The minimum atomic E-state index is -4.95. The zero-order valence-electron chi connectivity index (χ0n) is 23.9. The number of ether oxygens (including phenoxy) is 5. The summed E-state index contributed by atoms with van der Waals surface area (Å²) >= 11 is 0. The molecule has 0 radical (unpaired) electrons. The Labute approximate surface area is 243 Å². The largest absolute Gasteiger partial charge is 0.494 e. The number of alkyl halides is 4. The first kappa shape index (κ1) is 32.9. The third-order valence-corrected chi connectivity index (χ3v) is 6.31. The van der Waals surface area contributed by atoms with Gasteiger partial charge in [-0.05, 0) is 72.0 Å². The van der Waals surface area contributed by atoms with Gasteiger partial charge < -0.3 is 23.7 Å². The summed E-state index contributed by atoms with van der Waals surface area (Å²) in [6, 6.07) is 18.7. The van der Waals surface area contributed by atoms with Crippen LogP contribution in [0.25, 0.3) is 11.1 Å². The molecule has 0 saturated heterocycles. The predicted molar refractivity (Wildman–Crippen MR) is 150 cm³/mol. The highest BCUT2D eigenvalue weighted by Crippen LogP contribution is 2.37. The minimum absolute atomic E-state index is 0.0139. The molecular weight excluding hydrogens is 556 g/mol. The SMILES string of the molecule is CCCCOCCOC(F)(F)C(F)(F)Oc1ccc(OC(=O)c2ccc(-c3ccc(OCC(C)CC)cc3)cc2)cc1. The van der Waals surface area contributed by atoms with Gasteiger partial charge in [0.25, 0.3) is 0 Å². The second-order valence-corrected chi connectivity index (χ2v) is 9.74. The van der Waals surface area contributed by atoms with Gasteiger partial charge in [0, 0.05) is 6.61 Å². The first-order valence-corrected chi connectivity index (χ1v) is 13.9. The van der Waals surface area contributed by atoms with Gasteiger partial charge in [-0.3, -0.25) is 0 Å². The standard InChI is InChI=1S/C32H36F4O6/c1-4-6-19-38-20-21-40-31(33,34)32(35,36)42-29-17-15-28(16-18-29)41-30(37)26-9-7-24(8-10-26)25-11-13-27(14-12-25)39-22-23(3)5-2/h7-18,23H,4-6,19-22H2,1-3H3. The predicted octanol–water partition coefficient (Wildman–Crippen LogP) is 8.40. The van der Waals surface area contributed by atoms with Crippen molar-refractivity contribution in [2.45, 2.75) is 52.3 Å². The maximum atomic E-state index is 14.1. The molecule has 0 aliphatic rings. The van der Waals surface area contributed by atoms with Crippen LogP contribution in [0.3, 0.4) is 0 Å². The van der Waals surface area contributed by atoms with Crippen LogP contribution in [-0.2, 0) is 9.47 Å². The van der Waals surface area contributed by atoms with E-state index in [2.05, 4.69) is 23.3 Å². The summed E-state index contributed by atoms with van der Waals surface area (Å²) in [6.45, 7) is 6.15. The van der Waals surface area contributed by atoms with Crippen molar-refractivity contribution in [3.05, 3.63) is 78.4 Å². The summed E-state index contributed by atoms with van der Waals surface area (Å²) in [5.74, 6) is 0.0138. The smallest absolute Gasteiger partial charge is 0.493 e. The number of hydrogen-bond acceptors (Lipinski definition) is 6. The van der Waals surface area contributed by atoms with Crippen LogP contribution < -0.4 is 14.2 Å². The van der Waals surface area contributed by atoms with Gasteiger partial charge in [0.2, 0.25) is 0 Å². The third kappa shape index (κ3) is 9.73. The second-order valence-electron chi connectivity index (χ2n) is 9.74. The Hall–Kier alpha value is -3.63. The Morgan fingerprint density at radius 2 is 1.31 bits per heavy atom. The van der Waals surface area contributed by atoms with Crippen molar-refractivity contribution >= 4 is 5.97 Å². The number of rotatable bonds is 17.